The zero-order valence-corrected chi connectivity index (χ0v) is 24.5. The van der Waals surface area contributed by atoms with E-state index in [1.165, 1.54) is 17.7 Å². The van der Waals surface area contributed by atoms with Gasteiger partial charge >= 0.3 is 6.18 Å². The van der Waals surface area contributed by atoms with E-state index < -0.39 is 32.8 Å². The Balaban J connectivity index is 1.15. The number of hydrogen-bond donors (Lipinski definition) is 1. The highest BCUT2D eigenvalue weighted by atomic mass is 32.2. The third-order valence-electron chi connectivity index (χ3n) is 7.96. The second kappa shape index (κ2) is 13.3. The van der Waals surface area contributed by atoms with Crippen molar-refractivity contribution < 1.29 is 31.1 Å². The van der Waals surface area contributed by atoms with Gasteiger partial charge < -0.3 is 15.0 Å². The van der Waals surface area contributed by atoms with Gasteiger partial charge in [0.15, 0.2) is 0 Å². The second-order valence-electron chi connectivity index (χ2n) is 11.0. The van der Waals surface area contributed by atoms with Crippen molar-refractivity contribution in [3.8, 4) is 0 Å². The standard InChI is InChI=1S/C28H38F3N3O4S2/c1-33(2)27(25-7-4-16-39-25)21-10-8-20(9-11-21)12-14-32-26(35)19-38-23-13-15-34(18-23)40(36,37)24-6-3-5-22(17-24)28(29,30)31/h3-7,16-17,20-21,23,27H,8-15,18-19H2,1-2H3,(H,32,35). The lowest BCUT2D eigenvalue weighted by atomic mass is 9.76. The summed E-state index contributed by atoms with van der Waals surface area (Å²) in [5.74, 6) is 0.961. The van der Waals surface area contributed by atoms with Crippen LogP contribution < -0.4 is 5.32 Å². The fraction of sp³-hybridized carbons (Fsp3) is 0.607. The average Bonchev–Trinajstić information content (AvgIpc) is 3.61. The molecule has 1 saturated carbocycles. The Morgan fingerprint density at radius 3 is 2.55 bits per heavy atom. The molecule has 12 heteroatoms. The molecule has 2 heterocycles. The van der Waals surface area contributed by atoms with Crippen molar-refractivity contribution in [3.63, 3.8) is 0 Å². The maximum Gasteiger partial charge on any atom is 0.416 e. The number of nitrogens with one attached hydrogen (secondary N) is 1. The summed E-state index contributed by atoms with van der Waals surface area (Å²) < 4.78 is 71.5. The zero-order chi connectivity index (χ0) is 28.9. The number of hydrogen-bond acceptors (Lipinski definition) is 6. The molecule has 222 valence electrons. The number of halogens is 3. The van der Waals surface area contributed by atoms with Gasteiger partial charge in [0.05, 0.1) is 16.6 Å². The summed E-state index contributed by atoms with van der Waals surface area (Å²) in [5.41, 5.74) is -1.01. The molecule has 1 amide bonds. The molecule has 1 aromatic carbocycles. The summed E-state index contributed by atoms with van der Waals surface area (Å²) in [4.78, 5) is 15.7. The van der Waals surface area contributed by atoms with E-state index in [2.05, 4.69) is 41.8 Å². The number of amides is 1. The Kier molecular flexibility index (Phi) is 10.3. The van der Waals surface area contributed by atoms with E-state index in [9.17, 15) is 26.4 Å². The number of sulfonamides is 1. The fourth-order valence-electron chi connectivity index (χ4n) is 5.85. The number of carbonyl (C=O) groups excluding carboxylic acids is 1. The summed E-state index contributed by atoms with van der Waals surface area (Å²) in [5, 5.41) is 5.04. The first-order valence-corrected chi connectivity index (χ1v) is 16.0. The van der Waals surface area contributed by atoms with Crippen molar-refractivity contribution in [2.75, 3.05) is 40.3 Å². The Labute approximate surface area is 238 Å². The third kappa shape index (κ3) is 7.84. The SMILES string of the molecule is CN(C)C(c1cccs1)C1CCC(CCNC(=O)COC2CCN(S(=O)(=O)c3cccc(C(F)(F)F)c3)C2)CC1. The van der Waals surface area contributed by atoms with Gasteiger partial charge in [0.2, 0.25) is 15.9 Å². The first-order chi connectivity index (χ1) is 18.9. The topological polar surface area (TPSA) is 79.0 Å². The van der Waals surface area contributed by atoms with E-state index in [1.54, 1.807) is 0 Å². The molecule has 7 nitrogen and oxygen atoms in total. The molecule has 4 rings (SSSR count). The highest BCUT2D eigenvalue weighted by Gasteiger charge is 2.36. The number of rotatable bonds is 11. The summed E-state index contributed by atoms with van der Waals surface area (Å²) >= 11 is 1.82. The van der Waals surface area contributed by atoms with Crippen LogP contribution in [0.15, 0.2) is 46.7 Å². The van der Waals surface area contributed by atoms with Crippen LogP contribution in [-0.2, 0) is 25.7 Å². The first-order valence-electron chi connectivity index (χ1n) is 13.7. The molecule has 2 atom stereocenters. The summed E-state index contributed by atoms with van der Waals surface area (Å²) in [6.45, 7) is 0.504. The lowest BCUT2D eigenvalue weighted by Gasteiger charge is -2.37. The van der Waals surface area contributed by atoms with Crippen LogP contribution in [0.2, 0.25) is 0 Å². The minimum absolute atomic E-state index is 0.00544. The van der Waals surface area contributed by atoms with E-state index in [0.29, 0.717) is 36.9 Å². The third-order valence-corrected chi connectivity index (χ3v) is 10.8. The Bertz CT molecular complexity index is 1210. The van der Waals surface area contributed by atoms with Gasteiger partial charge in [-0.05, 0) is 81.3 Å². The van der Waals surface area contributed by atoms with Crippen LogP contribution in [0.4, 0.5) is 13.2 Å². The molecular weight excluding hydrogens is 563 g/mol. The lowest BCUT2D eigenvalue weighted by molar-refractivity contribution is -0.137. The minimum Gasteiger partial charge on any atom is -0.367 e. The lowest BCUT2D eigenvalue weighted by Crippen LogP contribution is -2.34. The van der Waals surface area contributed by atoms with Crippen LogP contribution in [0.25, 0.3) is 0 Å². The van der Waals surface area contributed by atoms with Crippen LogP contribution in [0.3, 0.4) is 0 Å². The smallest absolute Gasteiger partial charge is 0.367 e. The molecule has 2 fully saturated rings. The van der Waals surface area contributed by atoms with Gasteiger partial charge in [-0.3, -0.25) is 4.79 Å². The maximum absolute atomic E-state index is 13.0. The predicted octanol–water partition coefficient (Wildman–Crippen LogP) is 5.16. The van der Waals surface area contributed by atoms with Crippen molar-refractivity contribution in [1.82, 2.24) is 14.5 Å². The van der Waals surface area contributed by atoms with E-state index in [0.717, 1.165) is 41.8 Å². The van der Waals surface area contributed by atoms with E-state index in [-0.39, 0.29) is 25.6 Å². The van der Waals surface area contributed by atoms with Crippen molar-refractivity contribution >= 4 is 27.3 Å². The van der Waals surface area contributed by atoms with Gasteiger partial charge in [0.25, 0.3) is 0 Å². The van der Waals surface area contributed by atoms with E-state index in [1.807, 2.05) is 11.3 Å². The summed E-state index contributed by atoms with van der Waals surface area (Å²) in [6.07, 6.45) is 0.790. The summed E-state index contributed by atoms with van der Waals surface area (Å²) in [6, 6.07) is 8.50. The second-order valence-corrected chi connectivity index (χ2v) is 13.9. The van der Waals surface area contributed by atoms with Gasteiger partial charge in [-0.25, -0.2) is 8.42 Å². The molecule has 1 aromatic heterocycles. The van der Waals surface area contributed by atoms with Gasteiger partial charge in [-0.15, -0.1) is 11.3 Å². The quantitative estimate of drug-likeness (QED) is 0.385. The summed E-state index contributed by atoms with van der Waals surface area (Å²) in [7, 11) is 0.194. The first kappa shape index (κ1) is 31.0. The fourth-order valence-corrected chi connectivity index (χ4v) is 8.40. The number of ether oxygens (including phenoxy) is 1. The molecule has 0 spiro atoms. The minimum atomic E-state index is -4.63. The molecule has 1 saturated heterocycles. The van der Waals surface area contributed by atoms with Crippen LogP contribution in [0.1, 0.15) is 55.0 Å². The number of carbonyl (C=O) groups is 1. The maximum atomic E-state index is 13.0. The Hall–Kier alpha value is -1.99. The van der Waals surface area contributed by atoms with E-state index in [4.69, 9.17) is 4.74 Å². The monoisotopic (exact) mass is 601 g/mol. The van der Waals surface area contributed by atoms with Crippen molar-refractivity contribution in [2.24, 2.45) is 11.8 Å². The molecule has 0 radical (unpaired) electrons. The van der Waals surface area contributed by atoms with Crippen molar-refractivity contribution in [2.45, 2.75) is 61.7 Å². The van der Waals surface area contributed by atoms with Gasteiger partial charge in [-0.1, -0.05) is 25.0 Å². The molecule has 2 aromatic rings. The van der Waals surface area contributed by atoms with Crippen LogP contribution in [0, 0.1) is 11.8 Å². The molecule has 2 unspecified atom stereocenters. The van der Waals surface area contributed by atoms with Crippen molar-refractivity contribution in [1.29, 1.82) is 0 Å². The average molecular weight is 602 g/mol. The molecular formula is C28H38F3N3O4S2. The molecule has 1 N–H and O–H groups in total. The molecule has 1 aliphatic heterocycles. The largest absolute Gasteiger partial charge is 0.416 e. The molecule has 0 bridgehead atoms. The number of nitrogens with zero attached hydrogens (tertiary/aromatic N) is 2. The van der Waals surface area contributed by atoms with Gasteiger partial charge in [0, 0.05) is 30.6 Å². The van der Waals surface area contributed by atoms with Crippen LogP contribution in [-0.4, -0.2) is 70.0 Å². The highest BCUT2D eigenvalue weighted by molar-refractivity contribution is 7.89. The normalized spacial score (nSPS) is 23.4. The Morgan fingerprint density at radius 2 is 1.90 bits per heavy atom. The van der Waals surface area contributed by atoms with Gasteiger partial charge in [0.1, 0.15) is 6.61 Å². The van der Waals surface area contributed by atoms with Crippen molar-refractivity contribution in [3.05, 3.63) is 52.2 Å². The Morgan fingerprint density at radius 1 is 1.15 bits per heavy atom. The molecule has 1 aliphatic carbocycles. The van der Waals surface area contributed by atoms with Gasteiger partial charge in [-0.2, -0.15) is 17.5 Å². The molecule has 2 aliphatic rings. The van der Waals surface area contributed by atoms with Crippen LogP contribution in [0.5, 0.6) is 0 Å². The number of benzene rings is 1. The molecule has 40 heavy (non-hydrogen) atoms. The van der Waals surface area contributed by atoms with E-state index >= 15 is 0 Å². The number of alkyl halides is 3. The van der Waals surface area contributed by atoms with Crippen LogP contribution >= 0.6 is 11.3 Å². The predicted molar refractivity (Wildman–Crippen MR) is 148 cm³/mol. The number of thiophene rings is 1. The highest BCUT2D eigenvalue weighted by Crippen LogP contribution is 2.41. The zero-order valence-electron chi connectivity index (χ0n) is 22.9.